The van der Waals surface area contributed by atoms with E-state index in [-0.39, 0.29) is 5.78 Å². The normalized spacial score (nSPS) is 10.4. The molecule has 0 saturated heterocycles. The fourth-order valence-electron chi connectivity index (χ4n) is 2.00. The molecule has 0 spiro atoms. The summed E-state index contributed by atoms with van der Waals surface area (Å²) in [7, 11) is 1.94. The first-order valence-corrected chi connectivity index (χ1v) is 6.99. The third-order valence-electron chi connectivity index (χ3n) is 3.13. The number of benzene rings is 2. The third kappa shape index (κ3) is 3.33. The molecular formula is C16H15Cl2NO. The second-order valence-electron chi connectivity index (χ2n) is 4.67. The fraction of sp³-hybridized carbons (Fsp3) is 0.188. The molecule has 0 aromatic heterocycles. The first-order chi connectivity index (χ1) is 9.49. The molecule has 2 aromatic rings. The molecule has 2 aromatic carbocycles. The summed E-state index contributed by atoms with van der Waals surface area (Å²) in [5.74, 6) is 0.00667. The van der Waals surface area contributed by atoms with Gasteiger partial charge in [0.25, 0.3) is 0 Å². The average molecular weight is 308 g/mol. The van der Waals surface area contributed by atoms with E-state index in [1.54, 1.807) is 12.1 Å². The van der Waals surface area contributed by atoms with Crippen molar-refractivity contribution in [3.05, 3.63) is 63.6 Å². The van der Waals surface area contributed by atoms with Crippen LogP contribution in [0.4, 0.5) is 5.69 Å². The fourth-order valence-corrected chi connectivity index (χ4v) is 2.52. The lowest BCUT2D eigenvalue weighted by atomic mass is 10.1. The van der Waals surface area contributed by atoms with E-state index in [0.717, 1.165) is 16.3 Å². The highest BCUT2D eigenvalue weighted by molar-refractivity contribution is 6.33. The maximum absolute atomic E-state index is 11.3. The number of rotatable bonds is 4. The first-order valence-electron chi connectivity index (χ1n) is 6.24. The van der Waals surface area contributed by atoms with Crippen LogP contribution >= 0.6 is 23.2 Å². The van der Waals surface area contributed by atoms with E-state index in [4.69, 9.17) is 23.2 Å². The van der Waals surface area contributed by atoms with Gasteiger partial charge < -0.3 is 4.90 Å². The van der Waals surface area contributed by atoms with E-state index in [2.05, 4.69) is 0 Å². The number of anilines is 1. The molecule has 4 heteroatoms. The van der Waals surface area contributed by atoms with Crippen molar-refractivity contribution in [3.8, 4) is 0 Å². The molecule has 0 fully saturated rings. The van der Waals surface area contributed by atoms with Gasteiger partial charge in [0.2, 0.25) is 0 Å². The van der Waals surface area contributed by atoms with Gasteiger partial charge in [0, 0.05) is 24.2 Å². The van der Waals surface area contributed by atoms with Gasteiger partial charge in [-0.2, -0.15) is 0 Å². The molecule has 0 atom stereocenters. The van der Waals surface area contributed by atoms with Crippen molar-refractivity contribution in [2.75, 3.05) is 11.9 Å². The summed E-state index contributed by atoms with van der Waals surface area (Å²) >= 11 is 12.4. The molecular weight excluding hydrogens is 293 g/mol. The van der Waals surface area contributed by atoms with Crippen LogP contribution in [0.2, 0.25) is 10.0 Å². The Labute approximate surface area is 128 Å². The van der Waals surface area contributed by atoms with Crippen LogP contribution in [-0.4, -0.2) is 12.8 Å². The summed E-state index contributed by atoms with van der Waals surface area (Å²) in [5, 5.41) is 1.29. The summed E-state index contributed by atoms with van der Waals surface area (Å²) in [6, 6.07) is 13.0. The van der Waals surface area contributed by atoms with E-state index in [0.29, 0.717) is 17.1 Å². The Morgan fingerprint density at radius 1 is 1.10 bits per heavy atom. The van der Waals surface area contributed by atoms with Gasteiger partial charge >= 0.3 is 0 Å². The topological polar surface area (TPSA) is 20.3 Å². The van der Waals surface area contributed by atoms with Gasteiger partial charge in [0.05, 0.1) is 10.7 Å². The van der Waals surface area contributed by atoms with Crippen molar-refractivity contribution >= 4 is 34.7 Å². The molecule has 0 aliphatic heterocycles. The van der Waals surface area contributed by atoms with Crippen LogP contribution in [0.25, 0.3) is 0 Å². The molecule has 2 rings (SSSR count). The first kappa shape index (κ1) is 14.9. The Bertz CT molecular complexity index is 640. The van der Waals surface area contributed by atoms with E-state index >= 15 is 0 Å². The molecule has 0 saturated carbocycles. The van der Waals surface area contributed by atoms with Gasteiger partial charge in [-0.1, -0.05) is 41.4 Å². The van der Waals surface area contributed by atoms with Crippen LogP contribution in [0, 0.1) is 0 Å². The molecule has 0 heterocycles. The van der Waals surface area contributed by atoms with Gasteiger partial charge in [-0.05, 0) is 36.8 Å². The van der Waals surface area contributed by atoms with Crippen LogP contribution < -0.4 is 4.90 Å². The summed E-state index contributed by atoms with van der Waals surface area (Å²) in [5.41, 5.74) is 2.52. The molecule has 0 aliphatic carbocycles. The molecule has 20 heavy (non-hydrogen) atoms. The molecule has 2 nitrogen and oxygen atoms in total. The molecule has 0 aliphatic rings. The maximum Gasteiger partial charge on any atom is 0.159 e. The zero-order valence-corrected chi connectivity index (χ0v) is 12.9. The lowest BCUT2D eigenvalue weighted by Gasteiger charge is -2.21. The van der Waals surface area contributed by atoms with E-state index < -0.39 is 0 Å². The standard InChI is InChI=1S/C16H15Cl2NO/c1-11(20)12-7-8-16(15(18)9-12)19(2)10-13-5-3-4-6-14(13)17/h3-9H,10H2,1-2H3. The van der Waals surface area contributed by atoms with E-state index in [1.165, 1.54) is 6.92 Å². The molecule has 104 valence electrons. The predicted octanol–water partition coefficient (Wildman–Crippen LogP) is 4.83. The number of carbonyl (C=O) groups is 1. The minimum Gasteiger partial charge on any atom is -0.369 e. The Kier molecular flexibility index (Phi) is 4.69. The van der Waals surface area contributed by atoms with Crippen LogP contribution in [0.15, 0.2) is 42.5 Å². The lowest BCUT2D eigenvalue weighted by molar-refractivity contribution is 0.101. The number of hydrogen-bond acceptors (Lipinski definition) is 2. The maximum atomic E-state index is 11.3. The summed E-state index contributed by atoms with van der Waals surface area (Å²) in [6.45, 7) is 2.18. The van der Waals surface area contributed by atoms with Crippen LogP contribution in [0.3, 0.4) is 0 Å². The summed E-state index contributed by atoms with van der Waals surface area (Å²) < 4.78 is 0. The lowest BCUT2D eigenvalue weighted by Crippen LogP contribution is -2.17. The van der Waals surface area contributed by atoms with Crippen molar-refractivity contribution in [2.45, 2.75) is 13.5 Å². The largest absolute Gasteiger partial charge is 0.369 e. The van der Waals surface area contributed by atoms with E-state index in [1.807, 2.05) is 42.3 Å². The zero-order chi connectivity index (χ0) is 14.7. The average Bonchev–Trinajstić information content (AvgIpc) is 2.41. The van der Waals surface area contributed by atoms with Gasteiger partial charge in [-0.15, -0.1) is 0 Å². The number of carbonyl (C=O) groups excluding carboxylic acids is 1. The van der Waals surface area contributed by atoms with Crippen molar-refractivity contribution in [2.24, 2.45) is 0 Å². The number of Topliss-reactive ketones (excluding diaryl/α,β-unsaturated/α-hetero) is 1. The van der Waals surface area contributed by atoms with Crippen molar-refractivity contribution in [1.29, 1.82) is 0 Å². The van der Waals surface area contributed by atoms with Crippen molar-refractivity contribution in [3.63, 3.8) is 0 Å². The minimum absolute atomic E-state index is 0.00667. The highest BCUT2D eigenvalue weighted by Crippen LogP contribution is 2.28. The molecule has 0 bridgehead atoms. The highest BCUT2D eigenvalue weighted by atomic mass is 35.5. The number of nitrogens with zero attached hydrogens (tertiary/aromatic N) is 1. The zero-order valence-electron chi connectivity index (χ0n) is 11.4. The monoisotopic (exact) mass is 307 g/mol. The number of halogens is 2. The van der Waals surface area contributed by atoms with Crippen LogP contribution in [0.5, 0.6) is 0 Å². The van der Waals surface area contributed by atoms with E-state index in [9.17, 15) is 4.79 Å². The second-order valence-corrected chi connectivity index (χ2v) is 5.48. The Balaban J connectivity index is 2.23. The van der Waals surface area contributed by atoms with Gasteiger partial charge in [0.1, 0.15) is 0 Å². The van der Waals surface area contributed by atoms with Gasteiger partial charge in [-0.25, -0.2) is 0 Å². The van der Waals surface area contributed by atoms with Crippen LogP contribution in [-0.2, 0) is 6.54 Å². The van der Waals surface area contributed by atoms with Gasteiger partial charge in [0.15, 0.2) is 5.78 Å². The predicted molar refractivity (Wildman–Crippen MR) is 85.0 cm³/mol. The van der Waals surface area contributed by atoms with Crippen molar-refractivity contribution < 1.29 is 4.79 Å². The SMILES string of the molecule is CC(=O)c1ccc(N(C)Cc2ccccc2Cl)c(Cl)c1. The van der Waals surface area contributed by atoms with Crippen LogP contribution in [0.1, 0.15) is 22.8 Å². The van der Waals surface area contributed by atoms with Gasteiger partial charge in [-0.3, -0.25) is 4.79 Å². The number of hydrogen-bond donors (Lipinski definition) is 0. The number of ketones is 1. The summed E-state index contributed by atoms with van der Waals surface area (Å²) in [6.07, 6.45) is 0. The molecule has 0 N–H and O–H groups in total. The smallest absolute Gasteiger partial charge is 0.159 e. The van der Waals surface area contributed by atoms with Crippen molar-refractivity contribution in [1.82, 2.24) is 0 Å². The Hall–Kier alpha value is -1.51. The highest BCUT2D eigenvalue weighted by Gasteiger charge is 2.10. The molecule has 0 amide bonds. The quantitative estimate of drug-likeness (QED) is 0.754. The Morgan fingerprint density at radius 2 is 1.80 bits per heavy atom. The third-order valence-corrected chi connectivity index (χ3v) is 3.80. The molecule has 0 unspecified atom stereocenters. The summed E-state index contributed by atoms with van der Waals surface area (Å²) in [4.78, 5) is 13.3. The minimum atomic E-state index is 0.00667. The Morgan fingerprint density at radius 3 is 2.40 bits per heavy atom. The second kappa shape index (κ2) is 6.29. The molecule has 0 radical (unpaired) electrons.